The summed E-state index contributed by atoms with van der Waals surface area (Å²) >= 11 is 0. The molecule has 0 spiro atoms. The molecule has 2 saturated carbocycles. The third kappa shape index (κ3) is 6.06. The molecular weight excluding hydrogens is 415 g/mol. The Kier molecular flexibility index (Phi) is 8.72. The number of benzene rings is 2. The van der Waals surface area contributed by atoms with Gasteiger partial charge in [0.05, 0.1) is 17.9 Å². The minimum atomic E-state index is -0.232. The molecule has 0 saturated heterocycles. The summed E-state index contributed by atoms with van der Waals surface area (Å²) in [5.74, 6) is 0.856. The Morgan fingerprint density at radius 2 is 1.33 bits per heavy atom. The molecule has 0 N–H and O–H groups in total. The largest absolute Gasteiger partial charge is 2.00 e. The van der Waals surface area contributed by atoms with E-state index in [0.29, 0.717) is 6.54 Å². The van der Waals surface area contributed by atoms with E-state index < -0.39 is 0 Å². The molecule has 10 radical (unpaired) electrons. The first kappa shape index (κ1) is 22.8. The summed E-state index contributed by atoms with van der Waals surface area (Å²) in [5, 5.41) is 4.77. The van der Waals surface area contributed by atoms with Crippen molar-refractivity contribution in [2.24, 2.45) is 0 Å². The number of rotatable bonds is 4. The molecule has 2 aromatic carbocycles. The van der Waals surface area contributed by atoms with E-state index in [2.05, 4.69) is 18.2 Å². The van der Waals surface area contributed by atoms with Crippen LogP contribution in [0.3, 0.4) is 0 Å². The Balaban J connectivity index is 0.000000376. The van der Waals surface area contributed by atoms with Gasteiger partial charge in [0.25, 0.3) is 0 Å². The first-order valence-corrected chi connectivity index (χ1v) is 9.56. The Morgan fingerprint density at radius 3 is 1.93 bits per heavy atom. The van der Waals surface area contributed by atoms with E-state index in [9.17, 15) is 4.39 Å². The van der Waals surface area contributed by atoms with Crippen molar-refractivity contribution in [1.29, 1.82) is 0 Å². The Morgan fingerprint density at radius 1 is 0.733 bits per heavy atom. The number of hydrogen-bond donors (Lipinski definition) is 0. The minimum Gasteiger partial charge on any atom is -0.260 e. The van der Waals surface area contributed by atoms with Gasteiger partial charge >= 0.3 is 17.1 Å². The number of hydrogen-bond acceptors (Lipinski definition) is 1. The minimum absolute atomic E-state index is 0. The van der Waals surface area contributed by atoms with Crippen molar-refractivity contribution >= 4 is 0 Å². The number of aromatic nitrogens is 2. The molecule has 30 heavy (non-hydrogen) atoms. The van der Waals surface area contributed by atoms with Crippen LogP contribution in [0.15, 0.2) is 60.7 Å². The maximum absolute atomic E-state index is 13.3. The van der Waals surface area contributed by atoms with Crippen LogP contribution in [0.2, 0.25) is 0 Å². The zero-order chi connectivity index (χ0) is 19.9. The second-order valence-corrected chi connectivity index (χ2v) is 6.70. The Hall–Kier alpha value is -1.90. The van der Waals surface area contributed by atoms with Crippen LogP contribution in [0.25, 0.3) is 11.3 Å². The predicted molar refractivity (Wildman–Crippen MR) is 114 cm³/mol. The molecule has 1 aromatic heterocycles. The van der Waals surface area contributed by atoms with Gasteiger partial charge in [-0.15, -0.1) is 0 Å². The zero-order valence-electron chi connectivity index (χ0n) is 16.3. The molecule has 2 aliphatic carbocycles. The average molecular weight is 436 g/mol. The fraction of sp³-hybridized carbons (Fsp3) is 0.0385. The fourth-order valence-electron chi connectivity index (χ4n) is 3.15. The smallest absolute Gasteiger partial charge is 0.260 e. The van der Waals surface area contributed by atoms with Gasteiger partial charge in [0.2, 0.25) is 0 Å². The van der Waals surface area contributed by atoms with Crippen LogP contribution in [0, 0.1) is 69.5 Å². The van der Waals surface area contributed by atoms with E-state index in [0.717, 1.165) is 22.9 Å². The average Bonchev–Trinajstić information content (AvgIpc) is 3.52. The number of nitrogens with zero attached hydrogens (tertiary/aromatic N) is 2. The molecule has 2 aliphatic rings. The molecule has 5 rings (SSSR count). The summed E-state index contributed by atoms with van der Waals surface area (Å²) in [6.45, 7) is 0.675. The molecule has 2 fully saturated rings. The Bertz CT molecular complexity index is 872. The molecule has 1 heterocycles. The van der Waals surface area contributed by atoms with E-state index >= 15 is 0 Å². The molecule has 4 heteroatoms. The summed E-state index contributed by atoms with van der Waals surface area (Å²) in [6.07, 6.45) is 18.1. The molecule has 0 bridgehead atoms. The van der Waals surface area contributed by atoms with E-state index in [1.165, 1.54) is 17.7 Å². The SMILES string of the molecule is Fc1ccc(-c2cc([C]3[CH][CH][CH][CH]3)nn2Cc2ccccc2)cc1.[CH]1[CH][CH][CH][CH]1.[Fe+2]. The van der Waals surface area contributed by atoms with Crippen LogP contribution in [-0.2, 0) is 23.6 Å². The first-order chi connectivity index (χ1) is 14.3. The second-order valence-electron chi connectivity index (χ2n) is 6.70. The first-order valence-electron chi connectivity index (χ1n) is 9.56. The zero-order valence-corrected chi connectivity index (χ0v) is 17.4. The monoisotopic (exact) mass is 436 g/mol. The van der Waals surface area contributed by atoms with Crippen LogP contribution < -0.4 is 0 Å². The molecule has 148 valence electrons. The van der Waals surface area contributed by atoms with Gasteiger partial charge in [-0.1, -0.05) is 30.3 Å². The van der Waals surface area contributed by atoms with Gasteiger partial charge < -0.3 is 0 Å². The van der Waals surface area contributed by atoms with Crippen LogP contribution in [0.4, 0.5) is 4.39 Å². The van der Waals surface area contributed by atoms with Gasteiger partial charge in [0.1, 0.15) is 5.82 Å². The topological polar surface area (TPSA) is 17.8 Å². The molecule has 0 unspecified atom stereocenters. The molecule has 2 nitrogen and oxygen atoms in total. The third-order valence-electron chi connectivity index (χ3n) is 4.61. The van der Waals surface area contributed by atoms with Crippen molar-refractivity contribution in [2.75, 3.05) is 0 Å². The van der Waals surface area contributed by atoms with Gasteiger partial charge in [-0.3, -0.25) is 4.68 Å². The van der Waals surface area contributed by atoms with E-state index in [1.807, 2.05) is 80.7 Å². The Labute approximate surface area is 190 Å². The van der Waals surface area contributed by atoms with Crippen molar-refractivity contribution in [3.63, 3.8) is 0 Å². The van der Waals surface area contributed by atoms with Gasteiger partial charge in [-0.25, -0.2) is 4.39 Å². The summed E-state index contributed by atoms with van der Waals surface area (Å²) < 4.78 is 15.2. The maximum Gasteiger partial charge on any atom is 2.00 e. The standard InChI is InChI=1S/C21H16FN2.C5H5.Fe/c22-19-12-10-18(11-13-19)21-14-20(17-8-4-5-9-17)23-24(21)15-16-6-2-1-3-7-16;1-2-4-5-3-1;/h1-14H,15H2;1-5H;/q;;+2. The maximum atomic E-state index is 13.3. The van der Waals surface area contributed by atoms with Gasteiger partial charge in [0, 0.05) is 11.5 Å². The summed E-state index contributed by atoms with van der Waals surface area (Å²) in [7, 11) is 0. The van der Waals surface area contributed by atoms with Crippen molar-refractivity contribution in [1.82, 2.24) is 9.78 Å². The van der Waals surface area contributed by atoms with Gasteiger partial charge in [0.15, 0.2) is 0 Å². The van der Waals surface area contributed by atoms with Crippen LogP contribution in [0.1, 0.15) is 11.3 Å². The third-order valence-corrected chi connectivity index (χ3v) is 4.61. The van der Waals surface area contributed by atoms with Crippen molar-refractivity contribution in [3.05, 3.63) is 141 Å². The summed E-state index contributed by atoms with van der Waals surface area (Å²) in [6, 6.07) is 18.8. The molecule has 0 aliphatic heterocycles. The quantitative estimate of drug-likeness (QED) is 0.494. The van der Waals surface area contributed by atoms with Crippen molar-refractivity contribution in [3.8, 4) is 11.3 Å². The normalized spacial score (nSPS) is 16.0. The van der Waals surface area contributed by atoms with E-state index in [1.54, 1.807) is 12.1 Å². The molecule has 0 amide bonds. The van der Waals surface area contributed by atoms with E-state index in [4.69, 9.17) is 5.10 Å². The van der Waals surface area contributed by atoms with Crippen molar-refractivity contribution in [2.45, 2.75) is 6.54 Å². The summed E-state index contributed by atoms with van der Waals surface area (Å²) in [5.41, 5.74) is 4.04. The second kappa shape index (κ2) is 11.5. The van der Waals surface area contributed by atoms with Crippen molar-refractivity contribution < 1.29 is 21.5 Å². The molecular formula is C26H21FFeN2+2. The van der Waals surface area contributed by atoms with Gasteiger partial charge in [-0.05, 0) is 93.7 Å². The van der Waals surface area contributed by atoms with Crippen LogP contribution in [-0.4, -0.2) is 9.78 Å². The molecule has 0 atom stereocenters. The van der Waals surface area contributed by atoms with E-state index in [-0.39, 0.29) is 22.9 Å². The van der Waals surface area contributed by atoms with Gasteiger partial charge in [-0.2, -0.15) is 5.10 Å². The van der Waals surface area contributed by atoms with Crippen LogP contribution in [0.5, 0.6) is 0 Å². The molecule has 3 aromatic rings. The summed E-state index contributed by atoms with van der Waals surface area (Å²) in [4.78, 5) is 0. The van der Waals surface area contributed by atoms with Crippen LogP contribution >= 0.6 is 0 Å². The fourth-order valence-corrected chi connectivity index (χ4v) is 3.15. The number of halogens is 1. The predicted octanol–water partition coefficient (Wildman–Crippen LogP) is 5.51.